The first-order valence-corrected chi connectivity index (χ1v) is 5.81. The highest BCUT2D eigenvalue weighted by atomic mass is 79.9. The zero-order chi connectivity index (χ0) is 11.7. The number of urea groups is 1. The molecule has 1 fully saturated rings. The minimum atomic E-state index is -0.357. The molecule has 2 rings (SSSR count). The van der Waals surface area contributed by atoms with Crippen molar-refractivity contribution in [3.8, 4) is 0 Å². The Morgan fingerprint density at radius 3 is 2.81 bits per heavy atom. The summed E-state index contributed by atoms with van der Waals surface area (Å²) < 4.78 is 0.719. The largest absolute Gasteiger partial charge is 0.336 e. The molecule has 6 heteroatoms. The van der Waals surface area contributed by atoms with Crippen molar-refractivity contribution in [1.29, 1.82) is 0 Å². The summed E-state index contributed by atoms with van der Waals surface area (Å²) in [6.45, 7) is 0.889. The number of amides is 3. The molecule has 0 unspecified atom stereocenters. The minimum Gasteiger partial charge on any atom is -0.336 e. The van der Waals surface area contributed by atoms with Gasteiger partial charge in [0.1, 0.15) is 0 Å². The van der Waals surface area contributed by atoms with Crippen molar-refractivity contribution in [2.24, 2.45) is 0 Å². The van der Waals surface area contributed by atoms with Crippen LogP contribution in [-0.2, 0) is 0 Å². The third-order valence-electron chi connectivity index (χ3n) is 2.27. The average molecular weight is 304 g/mol. The van der Waals surface area contributed by atoms with Crippen LogP contribution in [0.25, 0.3) is 0 Å². The smallest absolute Gasteiger partial charge is 0.324 e. The molecular weight excluding hydrogens is 295 g/mol. The van der Waals surface area contributed by atoms with Gasteiger partial charge in [-0.1, -0.05) is 11.6 Å². The molecule has 1 heterocycles. The predicted molar refractivity (Wildman–Crippen MR) is 63.6 cm³/mol. The molecule has 84 valence electrons. The fraction of sp³-hybridized carbons (Fsp3) is 0.200. The number of carbonyl (C=O) groups is 2. The number of carbonyl (C=O) groups excluding carboxylic acids is 2. The van der Waals surface area contributed by atoms with E-state index in [2.05, 4.69) is 21.2 Å². The lowest BCUT2D eigenvalue weighted by molar-refractivity contribution is 0.0829. The number of rotatable bonds is 1. The molecule has 1 aromatic carbocycles. The molecule has 0 aromatic heterocycles. The maximum absolute atomic E-state index is 11.9. The lowest BCUT2D eigenvalue weighted by Gasteiger charge is -2.12. The fourth-order valence-electron chi connectivity index (χ4n) is 1.45. The van der Waals surface area contributed by atoms with E-state index in [0.717, 1.165) is 4.47 Å². The maximum atomic E-state index is 11.9. The van der Waals surface area contributed by atoms with E-state index in [4.69, 9.17) is 11.6 Å². The van der Waals surface area contributed by atoms with E-state index in [0.29, 0.717) is 23.7 Å². The summed E-state index contributed by atoms with van der Waals surface area (Å²) >= 11 is 9.12. The van der Waals surface area contributed by atoms with Crippen LogP contribution in [0.4, 0.5) is 4.79 Å². The Balaban J connectivity index is 2.27. The summed E-state index contributed by atoms with van der Waals surface area (Å²) in [5.74, 6) is -0.329. The van der Waals surface area contributed by atoms with Gasteiger partial charge in [0.25, 0.3) is 5.91 Å². The van der Waals surface area contributed by atoms with Gasteiger partial charge < -0.3 is 5.32 Å². The molecule has 0 aliphatic carbocycles. The van der Waals surface area contributed by atoms with Crippen LogP contribution in [0.2, 0.25) is 5.02 Å². The molecule has 0 saturated carbocycles. The van der Waals surface area contributed by atoms with E-state index in [1.54, 1.807) is 18.2 Å². The van der Waals surface area contributed by atoms with Crippen molar-refractivity contribution in [1.82, 2.24) is 10.2 Å². The number of imide groups is 1. The highest BCUT2D eigenvalue weighted by Gasteiger charge is 2.27. The molecule has 0 radical (unpaired) electrons. The van der Waals surface area contributed by atoms with E-state index in [-0.39, 0.29) is 11.9 Å². The van der Waals surface area contributed by atoms with Gasteiger partial charge in [-0.3, -0.25) is 9.69 Å². The van der Waals surface area contributed by atoms with Gasteiger partial charge in [0.2, 0.25) is 0 Å². The monoisotopic (exact) mass is 302 g/mol. The van der Waals surface area contributed by atoms with Crippen LogP contribution in [-0.4, -0.2) is 29.9 Å². The van der Waals surface area contributed by atoms with E-state index < -0.39 is 0 Å². The van der Waals surface area contributed by atoms with Crippen molar-refractivity contribution >= 4 is 39.5 Å². The zero-order valence-electron chi connectivity index (χ0n) is 8.17. The van der Waals surface area contributed by atoms with Gasteiger partial charge in [-0.2, -0.15) is 0 Å². The third-order valence-corrected chi connectivity index (χ3v) is 3.50. The fourth-order valence-corrected chi connectivity index (χ4v) is 1.88. The number of nitrogens with zero attached hydrogens (tertiary/aromatic N) is 1. The third kappa shape index (κ3) is 2.05. The number of hydrogen-bond acceptors (Lipinski definition) is 2. The summed E-state index contributed by atoms with van der Waals surface area (Å²) in [7, 11) is 0. The van der Waals surface area contributed by atoms with Crippen molar-refractivity contribution in [3.05, 3.63) is 33.3 Å². The minimum absolute atomic E-state index is 0.329. The van der Waals surface area contributed by atoms with Crippen LogP contribution in [0.3, 0.4) is 0 Å². The summed E-state index contributed by atoms with van der Waals surface area (Å²) in [5.41, 5.74) is 0.408. The summed E-state index contributed by atoms with van der Waals surface area (Å²) in [4.78, 5) is 24.4. The summed E-state index contributed by atoms with van der Waals surface area (Å²) in [5, 5.41) is 3.02. The van der Waals surface area contributed by atoms with E-state index in [9.17, 15) is 9.59 Å². The van der Waals surface area contributed by atoms with Crippen molar-refractivity contribution in [3.63, 3.8) is 0 Å². The van der Waals surface area contributed by atoms with Crippen LogP contribution in [0.1, 0.15) is 10.4 Å². The molecule has 0 bridgehead atoms. The van der Waals surface area contributed by atoms with Crippen LogP contribution >= 0.6 is 27.5 Å². The number of benzene rings is 1. The lowest BCUT2D eigenvalue weighted by Crippen LogP contribution is -2.34. The van der Waals surface area contributed by atoms with E-state index in [1.165, 1.54) is 4.90 Å². The van der Waals surface area contributed by atoms with Crippen molar-refractivity contribution in [2.45, 2.75) is 0 Å². The number of halogens is 2. The Labute approximate surface area is 106 Å². The van der Waals surface area contributed by atoms with E-state index >= 15 is 0 Å². The summed E-state index contributed by atoms with van der Waals surface area (Å²) in [6.07, 6.45) is 0. The Hall–Kier alpha value is -1.07. The maximum Gasteiger partial charge on any atom is 0.324 e. The molecule has 1 aliphatic rings. The lowest BCUT2D eigenvalue weighted by atomic mass is 10.2. The van der Waals surface area contributed by atoms with Crippen LogP contribution in [0.5, 0.6) is 0 Å². The molecule has 1 saturated heterocycles. The van der Waals surface area contributed by atoms with Gasteiger partial charge in [-0.15, -0.1) is 0 Å². The Morgan fingerprint density at radius 1 is 1.50 bits per heavy atom. The second kappa shape index (κ2) is 4.43. The Kier molecular flexibility index (Phi) is 3.16. The molecule has 1 N–H and O–H groups in total. The van der Waals surface area contributed by atoms with Gasteiger partial charge in [0.15, 0.2) is 0 Å². The zero-order valence-corrected chi connectivity index (χ0v) is 10.5. The van der Waals surface area contributed by atoms with Crippen molar-refractivity contribution in [2.75, 3.05) is 13.1 Å². The van der Waals surface area contributed by atoms with E-state index in [1.807, 2.05) is 0 Å². The first-order chi connectivity index (χ1) is 7.59. The van der Waals surface area contributed by atoms with Gasteiger partial charge in [-0.05, 0) is 34.1 Å². The molecule has 1 aromatic rings. The predicted octanol–water partition coefficient (Wildman–Crippen LogP) is 2.27. The van der Waals surface area contributed by atoms with Gasteiger partial charge in [0.05, 0.1) is 5.02 Å². The van der Waals surface area contributed by atoms with Gasteiger partial charge >= 0.3 is 6.03 Å². The van der Waals surface area contributed by atoms with Gasteiger partial charge in [0, 0.05) is 23.1 Å². The highest BCUT2D eigenvalue weighted by Crippen LogP contribution is 2.24. The molecule has 1 aliphatic heterocycles. The molecule has 16 heavy (non-hydrogen) atoms. The van der Waals surface area contributed by atoms with Gasteiger partial charge in [-0.25, -0.2) is 4.79 Å². The SMILES string of the molecule is O=C1NCCN1C(=O)c1ccc(Br)c(Cl)c1. The molecule has 0 spiro atoms. The molecule has 0 atom stereocenters. The number of hydrogen-bond donors (Lipinski definition) is 1. The van der Waals surface area contributed by atoms with Crippen LogP contribution in [0, 0.1) is 0 Å². The molecule has 3 amide bonds. The first kappa shape index (κ1) is 11.4. The van der Waals surface area contributed by atoms with Crippen LogP contribution < -0.4 is 5.32 Å². The Bertz CT molecular complexity index is 464. The second-order valence-electron chi connectivity index (χ2n) is 3.32. The normalized spacial score (nSPS) is 15.1. The Morgan fingerprint density at radius 2 is 2.25 bits per heavy atom. The summed E-state index contributed by atoms with van der Waals surface area (Å²) in [6, 6.07) is 4.50. The highest BCUT2D eigenvalue weighted by molar-refractivity contribution is 9.10. The molecule has 4 nitrogen and oxygen atoms in total. The quantitative estimate of drug-likeness (QED) is 0.865. The van der Waals surface area contributed by atoms with Crippen molar-refractivity contribution < 1.29 is 9.59 Å². The molecular formula is C10H8BrClN2O2. The first-order valence-electron chi connectivity index (χ1n) is 4.64. The average Bonchev–Trinajstić information content (AvgIpc) is 2.67. The topological polar surface area (TPSA) is 49.4 Å². The second-order valence-corrected chi connectivity index (χ2v) is 4.58. The number of nitrogens with one attached hydrogen (secondary N) is 1. The van der Waals surface area contributed by atoms with Crippen LogP contribution in [0.15, 0.2) is 22.7 Å². The standard InChI is InChI=1S/C10H8BrClN2O2/c11-7-2-1-6(5-8(7)12)9(15)14-4-3-13-10(14)16/h1-2,5H,3-4H2,(H,13,16).